The third-order valence-electron chi connectivity index (χ3n) is 3.73. The van der Waals surface area contributed by atoms with Gasteiger partial charge in [-0.2, -0.15) is 0 Å². The van der Waals surface area contributed by atoms with Gasteiger partial charge in [0.15, 0.2) is 0 Å². The number of nitrogens with one attached hydrogen (secondary N) is 1. The zero-order valence-electron chi connectivity index (χ0n) is 11.8. The van der Waals surface area contributed by atoms with E-state index in [1.807, 2.05) is 12.1 Å². The van der Waals surface area contributed by atoms with Crippen LogP contribution in [0.3, 0.4) is 0 Å². The molecule has 0 unspecified atom stereocenters. The lowest BCUT2D eigenvalue weighted by Crippen LogP contribution is -2.42. The molecule has 1 saturated heterocycles. The minimum atomic E-state index is -0.173. The molecule has 0 radical (unpaired) electrons. The second kappa shape index (κ2) is 6.87. The van der Waals surface area contributed by atoms with Crippen molar-refractivity contribution in [2.24, 2.45) is 0 Å². The summed E-state index contributed by atoms with van der Waals surface area (Å²) in [5.41, 5.74) is 0.753. The lowest BCUT2D eigenvalue weighted by molar-refractivity contribution is 0.190. The summed E-state index contributed by atoms with van der Waals surface area (Å²) in [6, 6.07) is 5.73. The minimum Gasteiger partial charge on any atom is -0.497 e. The molecule has 1 N–H and O–H groups in total. The summed E-state index contributed by atoms with van der Waals surface area (Å²) >= 11 is 0. The summed E-state index contributed by atoms with van der Waals surface area (Å²) in [6.45, 7) is 5.91. The molecule has 106 valence electrons. The fraction of sp³-hybridized carbons (Fsp3) is 0.600. The van der Waals surface area contributed by atoms with Crippen LogP contribution < -0.4 is 10.1 Å². The second-order valence-electron chi connectivity index (χ2n) is 5.07. The van der Waals surface area contributed by atoms with E-state index >= 15 is 0 Å². The predicted molar refractivity (Wildman–Crippen MR) is 74.9 cm³/mol. The van der Waals surface area contributed by atoms with Gasteiger partial charge in [-0.1, -0.05) is 13.0 Å². The zero-order chi connectivity index (χ0) is 13.7. The van der Waals surface area contributed by atoms with Crippen molar-refractivity contribution in [3.05, 3.63) is 29.6 Å². The van der Waals surface area contributed by atoms with Crippen LogP contribution >= 0.6 is 0 Å². The molecule has 3 nitrogen and oxygen atoms in total. The Morgan fingerprint density at radius 1 is 1.37 bits per heavy atom. The number of halogens is 1. The molecule has 2 rings (SSSR count). The molecule has 19 heavy (non-hydrogen) atoms. The smallest absolute Gasteiger partial charge is 0.131 e. The van der Waals surface area contributed by atoms with E-state index < -0.39 is 0 Å². The highest BCUT2D eigenvalue weighted by atomic mass is 19.1. The van der Waals surface area contributed by atoms with Gasteiger partial charge in [-0.05, 0) is 38.5 Å². The van der Waals surface area contributed by atoms with Crippen LogP contribution in [0.15, 0.2) is 18.2 Å². The summed E-state index contributed by atoms with van der Waals surface area (Å²) in [5, 5.41) is 3.48. The zero-order valence-corrected chi connectivity index (χ0v) is 11.8. The molecular weight excluding hydrogens is 243 g/mol. The first-order chi connectivity index (χ1) is 9.22. The van der Waals surface area contributed by atoms with E-state index in [2.05, 4.69) is 17.1 Å². The van der Waals surface area contributed by atoms with Gasteiger partial charge in [-0.15, -0.1) is 0 Å². The molecule has 1 aromatic rings. The molecule has 1 aliphatic rings. The minimum absolute atomic E-state index is 0.173. The van der Waals surface area contributed by atoms with E-state index in [-0.39, 0.29) is 5.82 Å². The summed E-state index contributed by atoms with van der Waals surface area (Å²) in [7, 11) is 1.56. The van der Waals surface area contributed by atoms with Crippen molar-refractivity contribution in [1.29, 1.82) is 0 Å². The maximum Gasteiger partial charge on any atom is 0.131 e. The first-order valence-electron chi connectivity index (χ1n) is 7.01. The molecule has 0 saturated carbocycles. The van der Waals surface area contributed by atoms with Crippen LogP contribution in [0.4, 0.5) is 4.39 Å². The standard InChI is InChI=1S/C15H23FN2O/c1-3-17-13-6-8-18(9-7-13)11-12-4-5-14(19-2)10-15(12)16/h4-5,10,13,17H,3,6-9,11H2,1-2H3. The van der Waals surface area contributed by atoms with Crippen LogP contribution in [0.1, 0.15) is 25.3 Å². The van der Waals surface area contributed by atoms with Crippen LogP contribution in [-0.4, -0.2) is 37.7 Å². The summed E-state index contributed by atoms with van der Waals surface area (Å²) < 4.78 is 18.9. The predicted octanol–water partition coefficient (Wildman–Crippen LogP) is 2.41. The molecule has 0 aliphatic carbocycles. The average molecular weight is 266 g/mol. The SMILES string of the molecule is CCNC1CCN(Cc2ccc(OC)cc2F)CC1. The van der Waals surface area contributed by atoms with Crippen LogP contribution in [0.2, 0.25) is 0 Å². The van der Waals surface area contributed by atoms with Gasteiger partial charge in [0.25, 0.3) is 0 Å². The highest BCUT2D eigenvalue weighted by Gasteiger charge is 2.19. The Hall–Kier alpha value is -1.13. The normalized spacial score (nSPS) is 17.6. The molecule has 0 aromatic heterocycles. The summed E-state index contributed by atoms with van der Waals surface area (Å²) in [5.74, 6) is 0.403. The van der Waals surface area contributed by atoms with Crippen LogP contribution in [0.25, 0.3) is 0 Å². The molecule has 4 heteroatoms. The third-order valence-corrected chi connectivity index (χ3v) is 3.73. The van der Waals surface area contributed by atoms with Gasteiger partial charge in [-0.25, -0.2) is 4.39 Å². The van der Waals surface area contributed by atoms with Gasteiger partial charge in [0, 0.05) is 24.2 Å². The van der Waals surface area contributed by atoms with Crippen molar-refractivity contribution in [3.63, 3.8) is 0 Å². The number of rotatable bonds is 5. The lowest BCUT2D eigenvalue weighted by Gasteiger charge is -2.32. The maximum atomic E-state index is 13.9. The van der Waals surface area contributed by atoms with Gasteiger partial charge < -0.3 is 10.1 Å². The van der Waals surface area contributed by atoms with Gasteiger partial charge >= 0.3 is 0 Å². The van der Waals surface area contributed by atoms with Gasteiger partial charge in [0.05, 0.1) is 7.11 Å². The molecule has 0 atom stereocenters. The molecule has 1 aromatic carbocycles. The van der Waals surface area contributed by atoms with Crippen LogP contribution in [0.5, 0.6) is 5.75 Å². The van der Waals surface area contributed by atoms with Crippen molar-refractivity contribution < 1.29 is 9.13 Å². The van der Waals surface area contributed by atoms with E-state index in [9.17, 15) is 4.39 Å². The summed E-state index contributed by atoms with van der Waals surface area (Å²) in [4.78, 5) is 2.32. The highest BCUT2D eigenvalue weighted by Crippen LogP contribution is 2.19. The van der Waals surface area contributed by atoms with E-state index in [0.29, 0.717) is 18.3 Å². The molecule has 1 heterocycles. The highest BCUT2D eigenvalue weighted by molar-refractivity contribution is 5.28. The Labute approximate surface area is 114 Å². The fourth-order valence-corrected chi connectivity index (χ4v) is 2.61. The number of piperidine rings is 1. The van der Waals surface area contributed by atoms with Gasteiger partial charge in [-0.3, -0.25) is 4.90 Å². The van der Waals surface area contributed by atoms with E-state index in [1.165, 1.54) is 6.07 Å². The van der Waals surface area contributed by atoms with E-state index in [4.69, 9.17) is 4.74 Å². The molecule has 0 amide bonds. The third kappa shape index (κ3) is 3.91. The Morgan fingerprint density at radius 3 is 2.68 bits per heavy atom. The molecule has 0 spiro atoms. The molecule has 1 aliphatic heterocycles. The number of nitrogens with zero attached hydrogens (tertiary/aromatic N) is 1. The van der Waals surface area contributed by atoms with E-state index in [1.54, 1.807) is 7.11 Å². The molecular formula is C15H23FN2O. The Morgan fingerprint density at radius 2 is 2.11 bits per heavy atom. The van der Waals surface area contributed by atoms with Crippen molar-refractivity contribution in [3.8, 4) is 5.75 Å². The Bertz CT molecular complexity index is 403. The quantitative estimate of drug-likeness (QED) is 0.885. The largest absolute Gasteiger partial charge is 0.497 e. The number of hydrogen-bond donors (Lipinski definition) is 1. The van der Waals surface area contributed by atoms with Crippen LogP contribution in [0, 0.1) is 5.82 Å². The average Bonchev–Trinajstić information content (AvgIpc) is 2.43. The van der Waals surface area contributed by atoms with Crippen molar-refractivity contribution >= 4 is 0 Å². The summed E-state index contributed by atoms with van der Waals surface area (Å²) in [6.07, 6.45) is 2.29. The number of hydrogen-bond acceptors (Lipinski definition) is 3. The Kier molecular flexibility index (Phi) is 5.16. The van der Waals surface area contributed by atoms with Crippen molar-refractivity contribution in [2.45, 2.75) is 32.4 Å². The topological polar surface area (TPSA) is 24.5 Å². The van der Waals surface area contributed by atoms with Gasteiger partial charge in [0.1, 0.15) is 11.6 Å². The van der Waals surface area contributed by atoms with E-state index in [0.717, 1.165) is 38.0 Å². The number of likely N-dealkylation sites (tertiary alicyclic amines) is 1. The van der Waals surface area contributed by atoms with Crippen molar-refractivity contribution in [2.75, 3.05) is 26.7 Å². The monoisotopic (exact) mass is 266 g/mol. The molecule has 0 bridgehead atoms. The Balaban J connectivity index is 1.88. The number of benzene rings is 1. The van der Waals surface area contributed by atoms with Gasteiger partial charge in [0.2, 0.25) is 0 Å². The maximum absolute atomic E-state index is 13.9. The number of methoxy groups -OCH3 is 1. The second-order valence-corrected chi connectivity index (χ2v) is 5.07. The lowest BCUT2D eigenvalue weighted by atomic mass is 10.0. The first kappa shape index (κ1) is 14.3. The fourth-order valence-electron chi connectivity index (χ4n) is 2.61. The number of ether oxygens (including phenoxy) is 1. The molecule has 1 fully saturated rings. The van der Waals surface area contributed by atoms with Crippen molar-refractivity contribution in [1.82, 2.24) is 10.2 Å². The van der Waals surface area contributed by atoms with Crippen LogP contribution in [-0.2, 0) is 6.54 Å². The first-order valence-corrected chi connectivity index (χ1v) is 7.01.